The molecule has 0 radical (unpaired) electrons. The number of carbonyl (C=O) groups is 3. The van der Waals surface area contributed by atoms with Crippen molar-refractivity contribution in [2.24, 2.45) is 0 Å². The SMILES string of the molecule is CCCC(=O)c1c(OC)c(=O)cc2n1NCC2C.CCN1CN2CC(O)c3cc(=O)c(OC)c(n32)C1=O.COC(=O)c1c(OC)c(=O)cc2n1NCC2C. The van der Waals surface area contributed by atoms with Crippen LogP contribution in [0.1, 0.15) is 107 Å². The lowest BCUT2D eigenvalue weighted by molar-refractivity contribution is 0.0584. The molecule has 0 aliphatic carbocycles. The van der Waals surface area contributed by atoms with Crippen LogP contribution in [0.3, 0.4) is 0 Å². The molecule has 7 rings (SSSR count). The predicted molar refractivity (Wildman–Crippen MR) is 197 cm³/mol. The molecule has 3 aromatic heterocycles. The maximum Gasteiger partial charge on any atom is 0.360 e. The Morgan fingerprint density at radius 3 is 1.78 bits per heavy atom. The Morgan fingerprint density at radius 2 is 1.28 bits per heavy atom. The quantitative estimate of drug-likeness (QED) is 0.218. The minimum atomic E-state index is -0.762. The molecule has 0 fully saturated rings. The monoisotopic (exact) mass is 753 g/mol. The number of ether oxygens (including phenoxy) is 4. The van der Waals surface area contributed by atoms with Gasteiger partial charge in [0.1, 0.15) is 12.8 Å². The number of nitrogens with zero attached hydrogens (tertiary/aromatic N) is 5. The molecular formula is C36H47N7O11. The third kappa shape index (κ3) is 6.88. The Labute approximate surface area is 310 Å². The van der Waals surface area contributed by atoms with Gasteiger partial charge in [-0.2, -0.15) is 0 Å². The van der Waals surface area contributed by atoms with Crippen LogP contribution >= 0.6 is 0 Å². The molecule has 3 unspecified atom stereocenters. The van der Waals surface area contributed by atoms with Gasteiger partial charge in [-0.3, -0.25) is 38.3 Å². The van der Waals surface area contributed by atoms with E-state index in [-0.39, 0.29) is 68.4 Å². The van der Waals surface area contributed by atoms with Gasteiger partial charge in [0, 0.05) is 67.5 Å². The molecule has 1 amide bonds. The van der Waals surface area contributed by atoms with Crippen LogP contribution in [0.2, 0.25) is 0 Å². The van der Waals surface area contributed by atoms with Gasteiger partial charge in [-0.05, 0) is 13.3 Å². The summed E-state index contributed by atoms with van der Waals surface area (Å²) in [6.07, 6.45) is 0.396. The third-order valence-corrected chi connectivity index (χ3v) is 9.64. The molecule has 4 aliphatic rings. The Kier molecular flexibility index (Phi) is 11.7. The van der Waals surface area contributed by atoms with Gasteiger partial charge in [0.25, 0.3) is 5.91 Å². The smallest absolute Gasteiger partial charge is 0.360 e. The zero-order valence-corrected chi connectivity index (χ0v) is 31.7. The second-order valence-corrected chi connectivity index (χ2v) is 13.1. The molecule has 3 atom stereocenters. The molecule has 0 aromatic carbocycles. The van der Waals surface area contributed by atoms with E-state index < -0.39 is 12.1 Å². The average Bonchev–Trinajstić information content (AvgIpc) is 3.81. The van der Waals surface area contributed by atoms with Crippen molar-refractivity contribution in [1.29, 1.82) is 0 Å². The molecule has 18 nitrogen and oxygen atoms in total. The minimum absolute atomic E-state index is 0.00204. The normalized spacial score (nSPS) is 18.5. The zero-order valence-electron chi connectivity index (χ0n) is 31.7. The van der Waals surface area contributed by atoms with Crippen molar-refractivity contribution in [2.75, 3.05) is 77.1 Å². The molecule has 0 spiro atoms. The Bertz CT molecular complexity index is 2140. The van der Waals surface area contributed by atoms with Gasteiger partial charge in [-0.15, -0.1) is 0 Å². The summed E-state index contributed by atoms with van der Waals surface area (Å²) in [5.74, 6) is -0.346. The standard InChI is InChI=1S/C13H18N2O3.C12H15N3O4.C11H14N2O4/c1-4-5-10(16)12-13(18-3)11(17)6-9-8(2)7-14-15(9)12;1-3-13-6-14-5-9(17)7-4-8(16)11(19-2)10(12(13)18)15(7)14;1-6-5-12-13-7(6)4-8(14)10(16-2)9(13)11(15)17-3/h6,8,14H,4-5,7H2,1-3H3;4,9,17H,3,5-6H2,1-2H3;4,6,12H,5H2,1-3H3. The summed E-state index contributed by atoms with van der Waals surface area (Å²) in [4.78, 5) is 73.6. The zero-order chi connectivity index (χ0) is 39.6. The van der Waals surface area contributed by atoms with E-state index >= 15 is 0 Å². The number of aliphatic hydroxyl groups excluding tert-OH is 1. The number of Topliss-reactive ketones (excluding diaryl/α,β-unsaturated/α-hetero) is 1. The fraction of sp³-hybridized carbons (Fsp3) is 0.500. The molecule has 54 heavy (non-hydrogen) atoms. The lowest BCUT2D eigenvalue weighted by Gasteiger charge is -2.36. The lowest BCUT2D eigenvalue weighted by atomic mass is 10.1. The molecule has 292 valence electrons. The van der Waals surface area contributed by atoms with Crippen molar-refractivity contribution in [3.8, 4) is 17.2 Å². The van der Waals surface area contributed by atoms with Crippen LogP contribution in [0.5, 0.6) is 17.2 Å². The van der Waals surface area contributed by atoms with Crippen LogP contribution in [-0.2, 0) is 4.74 Å². The summed E-state index contributed by atoms with van der Waals surface area (Å²) < 4.78 is 24.7. The van der Waals surface area contributed by atoms with Crippen LogP contribution in [0.4, 0.5) is 0 Å². The van der Waals surface area contributed by atoms with E-state index in [1.807, 2.05) is 32.7 Å². The number of methoxy groups -OCH3 is 4. The topological polar surface area (TPSA) is 205 Å². The highest BCUT2D eigenvalue weighted by Gasteiger charge is 2.40. The van der Waals surface area contributed by atoms with Gasteiger partial charge in [-0.1, -0.05) is 20.8 Å². The van der Waals surface area contributed by atoms with E-state index in [0.29, 0.717) is 44.1 Å². The number of aromatic nitrogens is 3. The summed E-state index contributed by atoms with van der Waals surface area (Å²) in [5, 5.41) is 11.8. The second kappa shape index (κ2) is 16.1. The maximum absolute atomic E-state index is 12.4. The highest BCUT2D eigenvalue weighted by molar-refractivity contribution is 5.97. The molecule has 0 saturated carbocycles. The van der Waals surface area contributed by atoms with E-state index in [9.17, 15) is 33.9 Å². The molecule has 4 aliphatic heterocycles. The Hall–Kier alpha value is -5.78. The highest BCUT2D eigenvalue weighted by atomic mass is 16.5. The number of nitrogens with one attached hydrogen (secondary N) is 2. The highest BCUT2D eigenvalue weighted by Crippen LogP contribution is 2.31. The maximum atomic E-state index is 12.4. The first-order valence-electron chi connectivity index (χ1n) is 17.6. The predicted octanol–water partition coefficient (Wildman–Crippen LogP) is 1.08. The number of carbonyl (C=O) groups excluding carboxylic acids is 3. The molecular weight excluding hydrogens is 706 g/mol. The summed E-state index contributed by atoms with van der Waals surface area (Å²) in [6.45, 7) is 10.5. The number of ketones is 1. The third-order valence-electron chi connectivity index (χ3n) is 9.64. The van der Waals surface area contributed by atoms with E-state index in [4.69, 9.17) is 14.2 Å². The van der Waals surface area contributed by atoms with Gasteiger partial charge in [0.05, 0.1) is 40.7 Å². The van der Waals surface area contributed by atoms with Crippen LogP contribution in [-0.4, -0.2) is 103 Å². The molecule has 0 bridgehead atoms. The van der Waals surface area contributed by atoms with Gasteiger partial charge < -0.3 is 39.8 Å². The molecule has 18 heteroatoms. The number of esters is 1. The summed E-state index contributed by atoms with van der Waals surface area (Å²) in [6, 6.07) is 4.37. The molecule has 3 aromatic rings. The van der Waals surface area contributed by atoms with E-state index in [1.165, 1.54) is 40.6 Å². The Morgan fingerprint density at radius 1 is 0.778 bits per heavy atom. The van der Waals surface area contributed by atoms with Gasteiger partial charge in [0.2, 0.25) is 16.3 Å². The minimum Gasteiger partial charge on any atom is -0.491 e. The first kappa shape index (κ1) is 39.4. The van der Waals surface area contributed by atoms with Gasteiger partial charge in [-0.25, -0.2) is 9.47 Å². The fourth-order valence-electron chi connectivity index (χ4n) is 6.91. The van der Waals surface area contributed by atoms with Crippen molar-refractivity contribution < 1.29 is 38.4 Å². The molecule has 0 saturated heterocycles. The number of hydrogen-bond donors (Lipinski definition) is 3. The number of hydrogen-bond acceptors (Lipinski definition) is 14. The Balaban J connectivity index is 0.000000156. The second-order valence-electron chi connectivity index (χ2n) is 13.1. The van der Waals surface area contributed by atoms with Crippen LogP contribution in [0.15, 0.2) is 32.6 Å². The van der Waals surface area contributed by atoms with Crippen molar-refractivity contribution in [3.63, 3.8) is 0 Å². The molecule has 3 N–H and O–H groups in total. The van der Waals surface area contributed by atoms with E-state index in [2.05, 4.69) is 15.6 Å². The van der Waals surface area contributed by atoms with Gasteiger partial charge >= 0.3 is 5.97 Å². The van der Waals surface area contributed by atoms with E-state index in [0.717, 1.165) is 24.4 Å². The summed E-state index contributed by atoms with van der Waals surface area (Å²) in [7, 11) is 5.41. The lowest BCUT2D eigenvalue weighted by Crippen LogP contribution is -2.52. The number of aliphatic hydroxyl groups is 1. The molecule has 7 heterocycles. The number of pyridine rings is 3. The summed E-state index contributed by atoms with van der Waals surface area (Å²) >= 11 is 0. The van der Waals surface area contributed by atoms with Crippen LogP contribution < -0.4 is 46.4 Å². The fourth-order valence-corrected chi connectivity index (χ4v) is 6.91. The van der Waals surface area contributed by atoms with E-state index in [1.54, 1.807) is 25.0 Å². The van der Waals surface area contributed by atoms with Crippen molar-refractivity contribution in [1.82, 2.24) is 18.9 Å². The van der Waals surface area contributed by atoms with Gasteiger partial charge in [0.15, 0.2) is 40.1 Å². The first-order valence-corrected chi connectivity index (χ1v) is 17.6. The number of fused-ring (bicyclic) bond motifs is 2. The van der Waals surface area contributed by atoms with Crippen molar-refractivity contribution in [3.05, 3.63) is 83.0 Å². The van der Waals surface area contributed by atoms with Crippen molar-refractivity contribution >= 4 is 17.7 Å². The van der Waals surface area contributed by atoms with Crippen LogP contribution in [0, 0.1) is 0 Å². The van der Waals surface area contributed by atoms with Crippen LogP contribution in [0.25, 0.3) is 0 Å². The largest absolute Gasteiger partial charge is 0.491 e. The number of amides is 1. The number of rotatable bonds is 8. The average molecular weight is 754 g/mol. The van der Waals surface area contributed by atoms with Crippen molar-refractivity contribution in [2.45, 2.75) is 58.5 Å². The summed E-state index contributed by atoms with van der Waals surface area (Å²) in [5.41, 5.74) is 7.98. The first-order chi connectivity index (χ1) is 25.8.